The van der Waals surface area contributed by atoms with Crippen LogP contribution in [0.1, 0.15) is 25.7 Å². The Balaban J connectivity index is 1.49. The van der Waals surface area contributed by atoms with Crippen LogP contribution in [0.3, 0.4) is 0 Å². The fourth-order valence-corrected chi connectivity index (χ4v) is 3.81. The van der Waals surface area contributed by atoms with Gasteiger partial charge < -0.3 is 10.4 Å². The number of rotatable bonds is 3. The molecule has 0 spiro atoms. The molecule has 0 unspecified atom stereocenters. The summed E-state index contributed by atoms with van der Waals surface area (Å²) in [6, 6.07) is 14.5. The van der Waals surface area contributed by atoms with E-state index in [4.69, 9.17) is 5.10 Å². The minimum atomic E-state index is -0.152. The van der Waals surface area contributed by atoms with Crippen molar-refractivity contribution in [3.63, 3.8) is 0 Å². The molecular weight excluding hydrogens is 338 g/mol. The predicted molar refractivity (Wildman–Crippen MR) is 106 cm³/mol. The zero-order valence-corrected chi connectivity index (χ0v) is 14.9. The summed E-state index contributed by atoms with van der Waals surface area (Å²) in [6.07, 6.45) is 7.15. The van der Waals surface area contributed by atoms with Gasteiger partial charge in [-0.05, 0) is 56.0 Å². The summed E-state index contributed by atoms with van der Waals surface area (Å²) in [5.74, 6) is 0.839. The lowest BCUT2D eigenvalue weighted by Crippen LogP contribution is -2.28. The molecule has 6 heteroatoms. The second-order valence-corrected chi connectivity index (χ2v) is 7.19. The molecule has 136 valence electrons. The maximum Gasteiger partial charge on any atom is 0.154 e. The first-order valence-electron chi connectivity index (χ1n) is 9.41. The lowest BCUT2D eigenvalue weighted by molar-refractivity contribution is 0.126. The van der Waals surface area contributed by atoms with E-state index in [0.717, 1.165) is 59.3 Å². The Morgan fingerprint density at radius 3 is 2.78 bits per heavy atom. The molecule has 3 heterocycles. The van der Waals surface area contributed by atoms with Crippen LogP contribution in [0, 0.1) is 0 Å². The number of pyridine rings is 1. The molecule has 1 aliphatic carbocycles. The van der Waals surface area contributed by atoms with Crippen LogP contribution >= 0.6 is 0 Å². The van der Waals surface area contributed by atoms with Crippen LogP contribution in [0.5, 0.6) is 0 Å². The molecule has 1 aliphatic rings. The lowest BCUT2D eigenvalue weighted by atomic mass is 9.93. The summed E-state index contributed by atoms with van der Waals surface area (Å²) in [5.41, 5.74) is 3.82. The first-order valence-corrected chi connectivity index (χ1v) is 9.41. The van der Waals surface area contributed by atoms with E-state index in [1.807, 2.05) is 35.0 Å². The van der Waals surface area contributed by atoms with Gasteiger partial charge in [-0.3, -0.25) is 4.98 Å². The zero-order valence-electron chi connectivity index (χ0n) is 14.9. The smallest absolute Gasteiger partial charge is 0.154 e. The summed E-state index contributed by atoms with van der Waals surface area (Å²) in [6.45, 7) is 0. The molecule has 5 rings (SSSR count). The fourth-order valence-electron chi connectivity index (χ4n) is 3.81. The number of imidazole rings is 1. The number of hydrogen-bond acceptors (Lipinski definition) is 5. The minimum Gasteiger partial charge on any atom is -0.393 e. The summed E-state index contributed by atoms with van der Waals surface area (Å²) in [4.78, 5) is 8.88. The quantitative estimate of drug-likeness (QED) is 0.584. The first-order chi connectivity index (χ1) is 13.3. The average molecular weight is 359 g/mol. The van der Waals surface area contributed by atoms with Gasteiger partial charge in [0.25, 0.3) is 0 Å². The molecule has 1 saturated carbocycles. The van der Waals surface area contributed by atoms with Gasteiger partial charge in [0, 0.05) is 23.2 Å². The molecule has 6 nitrogen and oxygen atoms in total. The standard InChI is InChI=1S/C21H21N5O/c27-17-6-4-16(5-7-17)24-20-9-10-21-23-13-19(26(21)25-20)15-3-8-18-14(12-15)2-1-11-22-18/h1-3,8-13,16-17,27H,4-7H2,(H,24,25)/t16-,17-. The molecule has 2 N–H and O–H groups in total. The molecule has 0 aliphatic heterocycles. The highest BCUT2D eigenvalue weighted by atomic mass is 16.3. The number of nitrogens with one attached hydrogen (secondary N) is 1. The van der Waals surface area contributed by atoms with Crippen molar-refractivity contribution in [2.24, 2.45) is 0 Å². The van der Waals surface area contributed by atoms with Crippen molar-refractivity contribution in [2.45, 2.75) is 37.8 Å². The Bertz CT molecular complexity index is 1100. The highest BCUT2D eigenvalue weighted by Crippen LogP contribution is 2.25. The summed E-state index contributed by atoms with van der Waals surface area (Å²) < 4.78 is 1.89. The summed E-state index contributed by atoms with van der Waals surface area (Å²) >= 11 is 0. The monoisotopic (exact) mass is 359 g/mol. The maximum absolute atomic E-state index is 9.68. The highest BCUT2D eigenvalue weighted by molar-refractivity contribution is 5.83. The van der Waals surface area contributed by atoms with Crippen LogP contribution in [0.4, 0.5) is 5.82 Å². The third kappa shape index (κ3) is 3.13. The second-order valence-electron chi connectivity index (χ2n) is 7.19. The minimum absolute atomic E-state index is 0.152. The molecule has 1 aromatic carbocycles. The van der Waals surface area contributed by atoms with Gasteiger partial charge in [-0.2, -0.15) is 0 Å². The molecule has 0 amide bonds. The van der Waals surface area contributed by atoms with Crippen LogP contribution in [0.25, 0.3) is 27.8 Å². The Kier molecular flexibility index (Phi) is 3.98. The fraction of sp³-hybridized carbons (Fsp3) is 0.286. The normalized spacial score (nSPS) is 20.2. The van der Waals surface area contributed by atoms with Gasteiger partial charge in [-0.1, -0.05) is 12.1 Å². The third-order valence-electron chi connectivity index (χ3n) is 5.31. The molecular formula is C21H21N5O. The third-order valence-corrected chi connectivity index (χ3v) is 5.31. The lowest BCUT2D eigenvalue weighted by Gasteiger charge is -2.26. The van der Waals surface area contributed by atoms with Gasteiger partial charge in [0.1, 0.15) is 5.82 Å². The van der Waals surface area contributed by atoms with Crippen molar-refractivity contribution in [1.82, 2.24) is 19.6 Å². The van der Waals surface area contributed by atoms with Crippen molar-refractivity contribution in [2.75, 3.05) is 5.32 Å². The van der Waals surface area contributed by atoms with Crippen LogP contribution in [-0.2, 0) is 0 Å². The van der Waals surface area contributed by atoms with E-state index in [1.54, 1.807) is 6.20 Å². The van der Waals surface area contributed by atoms with Crippen molar-refractivity contribution in [3.8, 4) is 11.3 Å². The number of aliphatic hydroxyl groups is 1. The molecule has 1 fully saturated rings. The maximum atomic E-state index is 9.68. The number of hydrogen-bond donors (Lipinski definition) is 2. The van der Waals surface area contributed by atoms with E-state index in [1.165, 1.54) is 0 Å². The molecule has 0 saturated heterocycles. The number of fused-ring (bicyclic) bond motifs is 2. The average Bonchev–Trinajstić information content (AvgIpc) is 3.13. The van der Waals surface area contributed by atoms with Gasteiger partial charge in [-0.15, -0.1) is 5.10 Å². The number of aromatic nitrogens is 4. The molecule has 0 atom stereocenters. The Morgan fingerprint density at radius 1 is 1.00 bits per heavy atom. The van der Waals surface area contributed by atoms with Crippen molar-refractivity contribution in [3.05, 3.63) is 54.9 Å². The van der Waals surface area contributed by atoms with Crippen molar-refractivity contribution < 1.29 is 5.11 Å². The molecule has 3 aromatic heterocycles. The van der Waals surface area contributed by atoms with Gasteiger partial charge >= 0.3 is 0 Å². The second kappa shape index (κ2) is 6.63. The largest absolute Gasteiger partial charge is 0.393 e. The topological polar surface area (TPSA) is 75.3 Å². The summed E-state index contributed by atoms with van der Waals surface area (Å²) in [7, 11) is 0. The van der Waals surface area contributed by atoms with E-state index in [-0.39, 0.29) is 6.10 Å². The number of anilines is 1. The predicted octanol–water partition coefficient (Wildman–Crippen LogP) is 3.66. The van der Waals surface area contributed by atoms with E-state index in [0.29, 0.717) is 6.04 Å². The summed E-state index contributed by atoms with van der Waals surface area (Å²) in [5, 5.41) is 19.1. The van der Waals surface area contributed by atoms with Gasteiger partial charge in [0.2, 0.25) is 0 Å². The van der Waals surface area contributed by atoms with E-state index in [2.05, 4.69) is 33.5 Å². The van der Waals surface area contributed by atoms with Gasteiger partial charge in [-0.25, -0.2) is 9.50 Å². The van der Waals surface area contributed by atoms with Crippen LogP contribution < -0.4 is 5.32 Å². The zero-order chi connectivity index (χ0) is 18.2. The Labute approximate surface area is 156 Å². The molecule has 0 bridgehead atoms. The van der Waals surface area contributed by atoms with Crippen LogP contribution in [0.15, 0.2) is 54.9 Å². The van der Waals surface area contributed by atoms with Crippen molar-refractivity contribution in [1.29, 1.82) is 0 Å². The van der Waals surface area contributed by atoms with Crippen LogP contribution in [0.2, 0.25) is 0 Å². The molecule has 4 aromatic rings. The van der Waals surface area contributed by atoms with Crippen LogP contribution in [-0.4, -0.2) is 36.8 Å². The van der Waals surface area contributed by atoms with E-state index >= 15 is 0 Å². The van der Waals surface area contributed by atoms with Gasteiger partial charge in [0.15, 0.2) is 5.65 Å². The first kappa shape index (κ1) is 16.2. The number of nitrogens with zero attached hydrogens (tertiary/aromatic N) is 4. The Morgan fingerprint density at radius 2 is 1.89 bits per heavy atom. The van der Waals surface area contributed by atoms with E-state index in [9.17, 15) is 5.11 Å². The number of aliphatic hydroxyl groups excluding tert-OH is 1. The molecule has 27 heavy (non-hydrogen) atoms. The SMILES string of the molecule is O[C@H]1CC[C@H](Nc2ccc3ncc(-c4ccc5ncccc5c4)n3n2)CC1. The van der Waals surface area contributed by atoms with Crippen molar-refractivity contribution >= 4 is 22.4 Å². The Hall–Kier alpha value is -2.99. The molecule has 0 radical (unpaired) electrons. The number of benzene rings is 1. The highest BCUT2D eigenvalue weighted by Gasteiger charge is 2.19. The van der Waals surface area contributed by atoms with Gasteiger partial charge in [0.05, 0.1) is 23.5 Å². The van der Waals surface area contributed by atoms with E-state index < -0.39 is 0 Å².